The molecule has 0 saturated carbocycles. The van der Waals surface area contributed by atoms with E-state index in [9.17, 15) is 27.2 Å². The summed E-state index contributed by atoms with van der Waals surface area (Å²) in [7, 11) is 0. The van der Waals surface area contributed by atoms with E-state index in [1.165, 1.54) is 12.1 Å². The van der Waals surface area contributed by atoms with Crippen molar-refractivity contribution in [3.05, 3.63) is 42.1 Å². The summed E-state index contributed by atoms with van der Waals surface area (Å²) < 4.78 is 61.0. The second-order valence-electron chi connectivity index (χ2n) is 6.90. The largest absolute Gasteiger partial charge is 0.441 e. The van der Waals surface area contributed by atoms with Gasteiger partial charge < -0.3 is 9.84 Å². The van der Waals surface area contributed by atoms with Crippen LogP contribution in [0.5, 0.6) is 0 Å². The van der Waals surface area contributed by atoms with Crippen LogP contribution in [0.15, 0.2) is 30.5 Å². The Hall–Kier alpha value is -3.21. The molecular formula is C19H15F4N3O4. The molecule has 1 atom stereocenters. The molecule has 2 saturated heterocycles. The zero-order valence-corrected chi connectivity index (χ0v) is 15.3. The van der Waals surface area contributed by atoms with E-state index in [0.717, 1.165) is 28.1 Å². The van der Waals surface area contributed by atoms with Gasteiger partial charge in [0, 0.05) is 24.7 Å². The van der Waals surface area contributed by atoms with Gasteiger partial charge in [-0.25, -0.2) is 18.6 Å². The Labute approximate surface area is 167 Å². The Balaban J connectivity index is 1.60. The van der Waals surface area contributed by atoms with Crippen molar-refractivity contribution in [2.75, 3.05) is 29.5 Å². The fourth-order valence-corrected chi connectivity index (χ4v) is 3.39. The van der Waals surface area contributed by atoms with E-state index >= 15 is 0 Å². The van der Waals surface area contributed by atoms with Crippen LogP contribution in [0.25, 0.3) is 11.1 Å². The molecule has 2 amide bonds. The van der Waals surface area contributed by atoms with Gasteiger partial charge in [-0.05, 0) is 24.3 Å². The Morgan fingerprint density at radius 2 is 1.87 bits per heavy atom. The van der Waals surface area contributed by atoms with Gasteiger partial charge >= 0.3 is 12.0 Å². The van der Waals surface area contributed by atoms with Gasteiger partial charge in [-0.15, -0.1) is 0 Å². The van der Waals surface area contributed by atoms with Crippen molar-refractivity contribution in [2.24, 2.45) is 0 Å². The number of aliphatic hydroxyl groups is 1. The number of carbonyl (C=O) groups excluding carboxylic acids is 2. The molecule has 0 bridgehead atoms. The number of ether oxygens (including phenoxy) is 1. The topological polar surface area (TPSA) is 83.0 Å². The molecule has 1 aromatic heterocycles. The van der Waals surface area contributed by atoms with E-state index < -0.39 is 54.3 Å². The third kappa shape index (κ3) is 3.34. The minimum Gasteiger partial charge on any atom is -0.441 e. The highest BCUT2D eigenvalue weighted by molar-refractivity contribution is 6.00. The van der Waals surface area contributed by atoms with Crippen molar-refractivity contribution in [1.82, 2.24) is 4.98 Å². The van der Waals surface area contributed by atoms with Crippen LogP contribution < -0.4 is 9.80 Å². The third-order valence-electron chi connectivity index (χ3n) is 4.94. The van der Waals surface area contributed by atoms with Gasteiger partial charge in [0.2, 0.25) is 0 Å². The quantitative estimate of drug-likeness (QED) is 0.762. The number of benzene rings is 1. The Morgan fingerprint density at radius 3 is 2.37 bits per heavy atom. The fraction of sp³-hybridized carbons (Fsp3) is 0.316. The van der Waals surface area contributed by atoms with Crippen LogP contribution in [0.1, 0.15) is 6.42 Å². The number of pyridine rings is 1. The second kappa shape index (κ2) is 7.24. The molecule has 30 heavy (non-hydrogen) atoms. The Kier molecular flexibility index (Phi) is 4.85. The summed E-state index contributed by atoms with van der Waals surface area (Å²) in [5, 5.41) is 9.07. The molecular weight excluding hydrogens is 410 g/mol. The van der Waals surface area contributed by atoms with Gasteiger partial charge in [0.15, 0.2) is 0 Å². The van der Waals surface area contributed by atoms with E-state index in [1.807, 2.05) is 0 Å². The second-order valence-corrected chi connectivity index (χ2v) is 6.90. The smallest absolute Gasteiger partial charge is 0.414 e. The Morgan fingerprint density at radius 1 is 1.17 bits per heavy atom. The average molecular weight is 425 g/mol. The molecule has 1 unspecified atom stereocenters. The lowest BCUT2D eigenvalue weighted by Gasteiger charge is -2.17. The lowest BCUT2D eigenvalue weighted by Crippen LogP contribution is -2.33. The molecule has 2 aromatic rings. The first-order valence-corrected chi connectivity index (χ1v) is 8.95. The molecule has 3 heterocycles. The monoisotopic (exact) mass is 425 g/mol. The molecule has 2 fully saturated rings. The zero-order chi connectivity index (χ0) is 21.6. The van der Waals surface area contributed by atoms with Crippen LogP contribution in [0.3, 0.4) is 0 Å². The van der Waals surface area contributed by atoms with Crippen LogP contribution in [0, 0.1) is 11.6 Å². The van der Waals surface area contributed by atoms with Crippen LogP contribution >= 0.6 is 0 Å². The van der Waals surface area contributed by atoms with Crippen molar-refractivity contribution in [3.8, 4) is 11.1 Å². The van der Waals surface area contributed by atoms with Crippen molar-refractivity contribution in [2.45, 2.75) is 18.4 Å². The van der Waals surface area contributed by atoms with Gasteiger partial charge in [-0.3, -0.25) is 14.6 Å². The highest BCUT2D eigenvalue weighted by Crippen LogP contribution is 2.34. The highest BCUT2D eigenvalue weighted by Gasteiger charge is 2.48. The Bertz CT molecular complexity index is 992. The number of amides is 2. The number of aliphatic hydroxyl groups excluding tert-OH is 1. The van der Waals surface area contributed by atoms with Gasteiger partial charge in [0.05, 0.1) is 24.4 Å². The number of nitrogens with zero attached hydrogens (tertiary/aromatic N) is 3. The average Bonchev–Trinajstić information content (AvgIpc) is 3.21. The highest BCUT2D eigenvalue weighted by atomic mass is 19.3. The van der Waals surface area contributed by atoms with Crippen LogP contribution in [0.2, 0.25) is 0 Å². The summed E-state index contributed by atoms with van der Waals surface area (Å²) in [6, 6.07) is 4.38. The summed E-state index contributed by atoms with van der Waals surface area (Å²) in [6.07, 6.45) is -1.18. The van der Waals surface area contributed by atoms with Gasteiger partial charge in [0.25, 0.3) is 5.91 Å². The fourth-order valence-electron chi connectivity index (χ4n) is 3.39. The minimum absolute atomic E-state index is 0.0240. The standard InChI is InChI=1S/C19H15F4N3O4/c20-13-5-11(26-8-12(9-27)30-18(26)29)6-14(21)16(13)10-1-2-15(24-7-10)25-4-3-19(22,23)17(25)28/h1-2,5-7,12,27H,3-4,8-9H2. The normalized spacial score (nSPS) is 20.8. The zero-order valence-electron chi connectivity index (χ0n) is 15.3. The molecule has 4 rings (SSSR count). The van der Waals surface area contributed by atoms with E-state index in [4.69, 9.17) is 9.84 Å². The van der Waals surface area contributed by atoms with Crippen molar-refractivity contribution in [3.63, 3.8) is 0 Å². The lowest BCUT2D eigenvalue weighted by molar-refractivity contribution is -0.137. The number of hydrogen-bond acceptors (Lipinski definition) is 5. The van der Waals surface area contributed by atoms with E-state index in [0.29, 0.717) is 0 Å². The van der Waals surface area contributed by atoms with E-state index in [2.05, 4.69) is 4.98 Å². The molecule has 158 valence electrons. The molecule has 7 nitrogen and oxygen atoms in total. The maximum Gasteiger partial charge on any atom is 0.414 e. The number of halogens is 4. The number of anilines is 2. The molecule has 2 aliphatic heterocycles. The summed E-state index contributed by atoms with van der Waals surface area (Å²) in [6.45, 7) is -0.691. The van der Waals surface area contributed by atoms with Crippen molar-refractivity contribution in [1.29, 1.82) is 0 Å². The summed E-state index contributed by atoms with van der Waals surface area (Å²) in [4.78, 5) is 29.2. The van der Waals surface area contributed by atoms with E-state index in [-0.39, 0.29) is 30.2 Å². The maximum atomic E-state index is 14.7. The summed E-state index contributed by atoms with van der Waals surface area (Å²) in [5.74, 6) is -6.84. The van der Waals surface area contributed by atoms with Crippen molar-refractivity contribution >= 4 is 23.5 Å². The molecule has 2 aliphatic rings. The molecule has 1 aromatic carbocycles. The van der Waals surface area contributed by atoms with Gasteiger partial charge in [-0.1, -0.05) is 0 Å². The number of aromatic nitrogens is 1. The van der Waals surface area contributed by atoms with Crippen LogP contribution in [-0.2, 0) is 9.53 Å². The van der Waals surface area contributed by atoms with Gasteiger partial charge in [-0.2, -0.15) is 8.78 Å². The number of rotatable bonds is 4. The van der Waals surface area contributed by atoms with Gasteiger partial charge in [0.1, 0.15) is 23.6 Å². The third-order valence-corrected chi connectivity index (χ3v) is 4.94. The number of cyclic esters (lactones) is 1. The summed E-state index contributed by atoms with van der Waals surface area (Å²) >= 11 is 0. The summed E-state index contributed by atoms with van der Waals surface area (Å²) in [5.41, 5.74) is -0.484. The maximum absolute atomic E-state index is 14.7. The van der Waals surface area contributed by atoms with Crippen molar-refractivity contribution < 1.29 is 37.0 Å². The van der Waals surface area contributed by atoms with E-state index in [1.54, 1.807) is 0 Å². The first-order valence-electron chi connectivity index (χ1n) is 8.95. The van der Waals surface area contributed by atoms with Crippen LogP contribution in [0.4, 0.5) is 33.9 Å². The predicted molar refractivity (Wildman–Crippen MR) is 96.2 cm³/mol. The SMILES string of the molecule is O=C1OC(CO)CN1c1cc(F)c(-c2ccc(N3CCC(F)(F)C3=O)nc2)c(F)c1. The van der Waals surface area contributed by atoms with Crippen LogP contribution in [-0.4, -0.2) is 53.8 Å². The number of alkyl halides is 2. The first kappa shape index (κ1) is 20.1. The first-order chi connectivity index (χ1) is 14.2. The molecule has 1 N–H and O–H groups in total. The molecule has 11 heteroatoms. The molecule has 0 radical (unpaired) electrons. The lowest BCUT2D eigenvalue weighted by atomic mass is 10.1. The predicted octanol–water partition coefficient (Wildman–Crippen LogP) is 2.72. The molecule has 0 spiro atoms. The minimum atomic E-state index is -3.46. The number of hydrogen-bond donors (Lipinski definition) is 1. The molecule has 0 aliphatic carbocycles. The number of carbonyl (C=O) groups is 2.